The van der Waals surface area contributed by atoms with Gasteiger partial charge < -0.3 is 10.6 Å². The van der Waals surface area contributed by atoms with Gasteiger partial charge in [-0.05, 0) is 36.7 Å². The van der Waals surface area contributed by atoms with E-state index in [9.17, 15) is 13.6 Å². The number of halogens is 2. The Kier molecular flexibility index (Phi) is 4.76. The van der Waals surface area contributed by atoms with E-state index in [0.717, 1.165) is 6.54 Å². The van der Waals surface area contributed by atoms with E-state index in [1.54, 1.807) is 24.3 Å². The van der Waals surface area contributed by atoms with E-state index in [2.05, 4.69) is 10.6 Å². The number of amides is 1. The predicted molar refractivity (Wildman–Crippen MR) is 72.5 cm³/mol. The SMILES string of the molecule is CC1CNCC1C(=O)Nc1ccc(SC(F)F)cc1. The van der Waals surface area contributed by atoms with Gasteiger partial charge in [0.25, 0.3) is 5.76 Å². The fourth-order valence-electron chi connectivity index (χ4n) is 2.12. The largest absolute Gasteiger partial charge is 0.326 e. The number of nitrogens with one attached hydrogen (secondary N) is 2. The highest BCUT2D eigenvalue weighted by molar-refractivity contribution is 7.99. The van der Waals surface area contributed by atoms with Crippen molar-refractivity contribution in [2.45, 2.75) is 17.6 Å². The minimum atomic E-state index is -2.43. The molecule has 1 saturated heterocycles. The second-order valence-electron chi connectivity index (χ2n) is 4.63. The third kappa shape index (κ3) is 3.91. The molecule has 1 aromatic rings. The summed E-state index contributed by atoms with van der Waals surface area (Å²) in [7, 11) is 0. The summed E-state index contributed by atoms with van der Waals surface area (Å²) in [5.41, 5.74) is 0.641. The Labute approximate surface area is 115 Å². The molecule has 6 heteroatoms. The van der Waals surface area contributed by atoms with Crippen LogP contribution in [0, 0.1) is 11.8 Å². The zero-order valence-corrected chi connectivity index (χ0v) is 11.3. The second-order valence-corrected chi connectivity index (χ2v) is 5.70. The molecule has 3 nitrogen and oxygen atoms in total. The third-order valence-corrected chi connectivity index (χ3v) is 3.92. The van der Waals surface area contributed by atoms with Crippen LogP contribution in [0.15, 0.2) is 29.2 Å². The van der Waals surface area contributed by atoms with Gasteiger partial charge in [-0.1, -0.05) is 18.7 Å². The first kappa shape index (κ1) is 14.3. The standard InChI is InChI=1S/C13H16F2N2OS/c1-8-6-16-7-11(8)12(18)17-9-2-4-10(5-3-9)19-13(14)15/h2-5,8,11,13,16H,6-7H2,1H3,(H,17,18). The molecule has 0 aromatic heterocycles. The number of carbonyl (C=O) groups excluding carboxylic acids is 1. The number of carbonyl (C=O) groups is 1. The summed E-state index contributed by atoms with van der Waals surface area (Å²) in [6.07, 6.45) is 0. The van der Waals surface area contributed by atoms with E-state index in [0.29, 0.717) is 34.8 Å². The van der Waals surface area contributed by atoms with Crippen molar-refractivity contribution in [2.75, 3.05) is 18.4 Å². The van der Waals surface area contributed by atoms with E-state index in [1.807, 2.05) is 6.92 Å². The zero-order valence-electron chi connectivity index (χ0n) is 10.5. The van der Waals surface area contributed by atoms with Crippen molar-refractivity contribution >= 4 is 23.4 Å². The lowest BCUT2D eigenvalue weighted by molar-refractivity contribution is -0.120. The van der Waals surface area contributed by atoms with Crippen LogP contribution in [0.5, 0.6) is 0 Å². The van der Waals surface area contributed by atoms with Crippen molar-refractivity contribution in [1.82, 2.24) is 5.32 Å². The Balaban J connectivity index is 1.93. The Morgan fingerprint density at radius 3 is 2.58 bits per heavy atom. The maximum atomic E-state index is 12.2. The molecule has 2 rings (SSSR count). The lowest BCUT2D eigenvalue weighted by atomic mass is 9.97. The first-order chi connectivity index (χ1) is 9.06. The molecule has 0 bridgehead atoms. The molecular formula is C13H16F2N2OS. The van der Waals surface area contributed by atoms with E-state index in [1.165, 1.54) is 0 Å². The van der Waals surface area contributed by atoms with Gasteiger partial charge in [0.1, 0.15) is 0 Å². The van der Waals surface area contributed by atoms with Crippen LogP contribution in [0.2, 0.25) is 0 Å². The summed E-state index contributed by atoms with van der Waals surface area (Å²) in [6.45, 7) is 3.57. The molecule has 0 radical (unpaired) electrons. The predicted octanol–water partition coefficient (Wildman–Crippen LogP) is 2.80. The van der Waals surface area contributed by atoms with Crippen LogP contribution < -0.4 is 10.6 Å². The van der Waals surface area contributed by atoms with Crippen molar-refractivity contribution < 1.29 is 13.6 Å². The number of rotatable bonds is 4. The highest BCUT2D eigenvalue weighted by Gasteiger charge is 2.29. The first-order valence-electron chi connectivity index (χ1n) is 6.12. The minimum absolute atomic E-state index is 0.0215. The smallest absolute Gasteiger partial charge is 0.288 e. The molecule has 1 aliphatic heterocycles. The minimum Gasteiger partial charge on any atom is -0.326 e. The third-order valence-electron chi connectivity index (χ3n) is 3.20. The van der Waals surface area contributed by atoms with E-state index >= 15 is 0 Å². The lowest BCUT2D eigenvalue weighted by Crippen LogP contribution is -2.27. The molecule has 0 saturated carbocycles. The molecule has 0 spiro atoms. The molecule has 1 fully saturated rings. The normalized spacial score (nSPS) is 22.7. The Hall–Kier alpha value is -1.14. The zero-order chi connectivity index (χ0) is 13.8. The van der Waals surface area contributed by atoms with Crippen molar-refractivity contribution in [2.24, 2.45) is 11.8 Å². The van der Waals surface area contributed by atoms with Gasteiger partial charge in [-0.3, -0.25) is 4.79 Å². The van der Waals surface area contributed by atoms with Crippen LogP contribution in [0.4, 0.5) is 14.5 Å². The Morgan fingerprint density at radius 2 is 2.05 bits per heavy atom. The van der Waals surface area contributed by atoms with Gasteiger partial charge in [-0.2, -0.15) is 8.78 Å². The van der Waals surface area contributed by atoms with Crippen LogP contribution in [-0.4, -0.2) is 24.8 Å². The highest BCUT2D eigenvalue weighted by atomic mass is 32.2. The van der Waals surface area contributed by atoms with Crippen LogP contribution in [-0.2, 0) is 4.79 Å². The summed E-state index contributed by atoms with van der Waals surface area (Å²) in [5, 5.41) is 5.99. The van der Waals surface area contributed by atoms with E-state index in [4.69, 9.17) is 0 Å². The molecule has 2 atom stereocenters. The number of benzene rings is 1. The molecule has 1 heterocycles. The Morgan fingerprint density at radius 1 is 1.37 bits per heavy atom. The second kappa shape index (κ2) is 6.34. The molecule has 19 heavy (non-hydrogen) atoms. The molecule has 104 valence electrons. The van der Waals surface area contributed by atoms with Gasteiger partial charge >= 0.3 is 0 Å². The van der Waals surface area contributed by atoms with Crippen molar-refractivity contribution in [3.05, 3.63) is 24.3 Å². The lowest BCUT2D eigenvalue weighted by Gasteiger charge is -2.14. The average molecular weight is 286 g/mol. The summed E-state index contributed by atoms with van der Waals surface area (Å²) in [5.74, 6) is -2.17. The number of alkyl halides is 2. The topological polar surface area (TPSA) is 41.1 Å². The summed E-state index contributed by atoms with van der Waals surface area (Å²) in [4.78, 5) is 12.5. The highest BCUT2D eigenvalue weighted by Crippen LogP contribution is 2.26. The number of hydrogen-bond acceptors (Lipinski definition) is 3. The molecule has 0 aliphatic carbocycles. The molecule has 1 aromatic carbocycles. The number of hydrogen-bond donors (Lipinski definition) is 2. The van der Waals surface area contributed by atoms with Crippen molar-refractivity contribution in [1.29, 1.82) is 0 Å². The van der Waals surface area contributed by atoms with Crippen molar-refractivity contribution in [3.8, 4) is 0 Å². The van der Waals surface area contributed by atoms with Gasteiger partial charge in [0.2, 0.25) is 5.91 Å². The Bertz CT molecular complexity index is 439. The quantitative estimate of drug-likeness (QED) is 0.836. The molecule has 1 amide bonds. The van der Waals surface area contributed by atoms with Crippen molar-refractivity contribution in [3.63, 3.8) is 0 Å². The molecule has 2 unspecified atom stereocenters. The van der Waals surface area contributed by atoms with Gasteiger partial charge in [0.15, 0.2) is 0 Å². The monoisotopic (exact) mass is 286 g/mol. The van der Waals surface area contributed by atoms with Gasteiger partial charge in [-0.15, -0.1) is 0 Å². The van der Waals surface area contributed by atoms with Gasteiger partial charge in [0.05, 0.1) is 5.92 Å². The summed E-state index contributed by atoms with van der Waals surface area (Å²) < 4.78 is 24.3. The maximum Gasteiger partial charge on any atom is 0.288 e. The van der Waals surface area contributed by atoms with E-state index in [-0.39, 0.29) is 11.8 Å². The molecule has 2 N–H and O–H groups in total. The number of anilines is 1. The summed E-state index contributed by atoms with van der Waals surface area (Å²) in [6, 6.07) is 6.47. The fraction of sp³-hybridized carbons (Fsp3) is 0.462. The van der Waals surface area contributed by atoms with Crippen LogP contribution in [0.3, 0.4) is 0 Å². The van der Waals surface area contributed by atoms with Crippen LogP contribution in [0.25, 0.3) is 0 Å². The molecular weight excluding hydrogens is 270 g/mol. The van der Waals surface area contributed by atoms with Gasteiger partial charge in [0, 0.05) is 17.1 Å². The maximum absolute atomic E-state index is 12.2. The van der Waals surface area contributed by atoms with E-state index < -0.39 is 5.76 Å². The fourth-order valence-corrected chi connectivity index (χ4v) is 2.61. The van der Waals surface area contributed by atoms with Crippen LogP contribution >= 0.6 is 11.8 Å². The van der Waals surface area contributed by atoms with Gasteiger partial charge in [-0.25, -0.2) is 0 Å². The first-order valence-corrected chi connectivity index (χ1v) is 7.00. The number of thioether (sulfide) groups is 1. The average Bonchev–Trinajstić information content (AvgIpc) is 2.77. The van der Waals surface area contributed by atoms with Crippen LogP contribution in [0.1, 0.15) is 6.92 Å². The molecule has 1 aliphatic rings. The summed E-state index contributed by atoms with van der Waals surface area (Å²) >= 11 is 0.496.